The molecule has 0 radical (unpaired) electrons. The van der Waals surface area contributed by atoms with Crippen molar-refractivity contribution < 1.29 is 4.79 Å². The molecule has 1 N–H and O–H groups in total. The minimum absolute atomic E-state index is 0.235. The van der Waals surface area contributed by atoms with Crippen molar-refractivity contribution in [2.24, 2.45) is 5.92 Å². The second-order valence-electron chi connectivity index (χ2n) is 6.21. The molecule has 0 bridgehead atoms. The largest absolute Gasteiger partial charge is 0.340 e. The summed E-state index contributed by atoms with van der Waals surface area (Å²) in [5.74, 6) is 1.74. The second-order valence-corrected chi connectivity index (χ2v) is 6.21. The maximum Gasteiger partial charge on any atom is 0.225 e. The van der Waals surface area contributed by atoms with E-state index in [0.29, 0.717) is 11.9 Å². The molecule has 0 aromatic carbocycles. The lowest BCUT2D eigenvalue weighted by Crippen LogP contribution is -2.46. The molecule has 0 spiro atoms. The Balaban J connectivity index is 1.66. The van der Waals surface area contributed by atoms with Gasteiger partial charge in [-0.1, -0.05) is 6.92 Å². The number of rotatable bonds is 3. The Morgan fingerprint density at radius 1 is 1.38 bits per heavy atom. The number of aromatic nitrogens is 2. The second kappa shape index (κ2) is 6.60. The van der Waals surface area contributed by atoms with Gasteiger partial charge in [0.25, 0.3) is 0 Å². The summed E-state index contributed by atoms with van der Waals surface area (Å²) in [5.41, 5.74) is 0. The number of amides is 1. The molecule has 1 atom stereocenters. The van der Waals surface area contributed by atoms with Crippen LogP contribution in [0.15, 0.2) is 12.4 Å². The van der Waals surface area contributed by atoms with Crippen molar-refractivity contribution in [3.63, 3.8) is 0 Å². The number of nitrogens with zero attached hydrogens (tertiary/aromatic N) is 3. The first-order valence-corrected chi connectivity index (χ1v) is 8.30. The van der Waals surface area contributed by atoms with Crippen LogP contribution in [0.3, 0.4) is 0 Å². The summed E-state index contributed by atoms with van der Waals surface area (Å²) in [7, 11) is 0. The molecule has 0 aliphatic carbocycles. The van der Waals surface area contributed by atoms with Crippen molar-refractivity contribution in [3.8, 4) is 0 Å². The summed E-state index contributed by atoms with van der Waals surface area (Å²) in [6.45, 7) is 5.88. The Kier molecular flexibility index (Phi) is 4.58. The van der Waals surface area contributed by atoms with Gasteiger partial charge in [0.15, 0.2) is 0 Å². The lowest BCUT2D eigenvalue weighted by Gasteiger charge is -2.36. The lowest BCUT2D eigenvalue weighted by molar-refractivity contribution is -0.138. The fourth-order valence-corrected chi connectivity index (χ4v) is 3.66. The Bertz CT molecular complexity index is 478. The van der Waals surface area contributed by atoms with E-state index >= 15 is 0 Å². The molecular weight excluding hydrogens is 264 g/mol. The van der Waals surface area contributed by atoms with E-state index in [9.17, 15) is 4.79 Å². The highest BCUT2D eigenvalue weighted by Crippen LogP contribution is 2.25. The average Bonchev–Trinajstić information content (AvgIpc) is 3.04. The van der Waals surface area contributed by atoms with E-state index in [0.717, 1.165) is 64.1 Å². The maximum absolute atomic E-state index is 12.7. The molecule has 116 valence electrons. The molecule has 2 saturated heterocycles. The van der Waals surface area contributed by atoms with Crippen molar-refractivity contribution in [3.05, 3.63) is 18.2 Å². The number of hydrogen-bond acceptors (Lipinski definition) is 3. The normalized spacial score (nSPS) is 24.2. The van der Waals surface area contributed by atoms with E-state index in [1.165, 1.54) is 0 Å². The van der Waals surface area contributed by atoms with E-state index in [1.54, 1.807) is 0 Å². The van der Waals surface area contributed by atoms with E-state index in [1.807, 2.05) is 6.20 Å². The van der Waals surface area contributed by atoms with Crippen molar-refractivity contribution in [2.75, 3.05) is 26.2 Å². The van der Waals surface area contributed by atoms with Gasteiger partial charge in [0, 0.05) is 37.8 Å². The Morgan fingerprint density at radius 3 is 2.95 bits per heavy atom. The minimum Gasteiger partial charge on any atom is -0.340 e. The van der Waals surface area contributed by atoms with Crippen LogP contribution in [-0.4, -0.2) is 46.5 Å². The van der Waals surface area contributed by atoms with Crippen LogP contribution in [0, 0.1) is 5.92 Å². The number of carbonyl (C=O) groups is 1. The number of imidazole rings is 1. The highest BCUT2D eigenvalue weighted by molar-refractivity contribution is 5.79. The first-order chi connectivity index (χ1) is 10.3. The molecule has 5 nitrogen and oxygen atoms in total. The topological polar surface area (TPSA) is 50.2 Å². The predicted molar refractivity (Wildman–Crippen MR) is 82.0 cm³/mol. The van der Waals surface area contributed by atoms with Gasteiger partial charge in [0.1, 0.15) is 5.82 Å². The third-order valence-corrected chi connectivity index (χ3v) is 4.86. The molecule has 1 aromatic heterocycles. The summed E-state index contributed by atoms with van der Waals surface area (Å²) < 4.78 is 2.28. The van der Waals surface area contributed by atoms with Gasteiger partial charge < -0.3 is 14.8 Å². The number of likely N-dealkylation sites (tertiary alicyclic amines) is 1. The fourth-order valence-electron chi connectivity index (χ4n) is 3.66. The fraction of sp³-hybridized carbons (Fsp3) is 0.750. The predicted octanol–water partition coefficient (Wildman–Crippen LogP) is 1.61. The molecular formula is C16H26N4O. The zero-order valence-electron chi connectivity index (χ0n) is 12.9. The standard InChI is InChI=1S/C16H26N4O/c1-2-15-18-9-11-20(15)14-4-3-10-19(12-14)16(21)13-5-7-17-8-6-13/h9,11,13-14,17H,2-8,10,12H2,1H3. The molecule has 5 heteroatoms. The maximum atomic E-state index is 12.7. The summed E-state index contributed by atoms with van der Waals surface area (Å²) in [5, 5.41) is 3.34. The van der Waals surface area contributed by atoms with Crippen LogP contribution in [0.1, 0.15) is 44.5 Å². The van der Waals surface area contributed by atoms with Crippen LogP contribution in [0.5, 0.6) is 0 Å². The summed E-state index contributed by atoms with van der Waals surface area (Å²) in [4.78, 5) is 19.2. The molecule has 2 aliphatic heterocycles. The highest BCUT2D eigenvalue weighted by atomic mass is 16.2. The van der Waals surface area contributed by atoms with Gasteiger partial charge in [-0.2, -0.15) is 0 Å². The molecule has 0 saturated carbocycles. The van der Waals surface area contributed by atoms with Crippen LogP contribution in [0.2, 0.25) is 0 Å². The Hall–Kier alpha value is -1.36. The van der Waals surface area contributed by atoms with Gasteiger partial charge in [-0.15, -0.1) is 0 Å². The lowest BCUT2D eigenvalue weighted by atomic mass is 9.95. The van der Waals surface area contributed by atoms with Gasteiger partial charge in [0.2, 0.25) is 5.91 Å². The average molecular weight is 290 g/mol. The van der Waals surface area contributed by atoms with Gasteiger partial charge in [-0.3, -0.25) is 4.79 Å². The zero-order valence-corrected chi connectivity index (χ0v) is 12.9. The summed E-state index contributed by atoms with van der Waals surface area (Å²) >= 11 is 0. The van der Waals surface area contributed by atoms with E-state index in [-0.39, 0.29) is 5.92 Å². The zero-order chi connectivity index (χ0) is 14.7. The van der Waals surface area contributed by atoms with Crippen LogP contribution in [0.4, 0.5) is 0 Å². The molecule has 1 amide bonds. The highest BCUT2D eigenvalue weighted by Gasteiger charge is 2.30. The van der Waals surface area contributed by atoms with Crippen molar-refractivity contribution in [1.82, 2.24) is 19.8 Å². The van der Waals surface area contributed by atoms with Gasteiger partial charge in [0.05, 0.1) is 6.04 Å². The third-order valence-electron chi connectivity index (χ3n) is 4.86. The number of piperidine rings is 2. The van der Waals surface area contributed by atoms with Crippen LogP contribution >= 0.6 is 0 Å². The van der Waals surface area contributed by atoms with Crippen LogP contribution in [0.25, 0.3) is 0 Å². The van der Waals surface area contributed by atoms with E-state index in [4.69, 9.17) is 0 Å². The van der Waals surface area contributed by atoms with Gasteiger partial charge in [-0.25, -0.2) is 4.98 Å². The SMILES string of the molecule is CCc1nccn1C1CCCN(C(=O)C2CCNCC2)C1. The number of nitrogens with one attached hydrogen (secondary N) is 1. The van der Waals surface area contributed by atoms with Crippen molar-refractivity contribution in [1.29, 1.82) is 0 Å². The number of carbonyl (C=O) groups excluding carboxylic acids is 1. The van der Waals surface area contributed by atoms with Gasteiger partial charge in [-0.05, 0) is 38.8 Å². The first kappa shape index (κ1) is 14.6. The summed E-state index contributed by atoms with van der Waals surface area (Å²) in [6.07, 6.45) is 9.14. The van der Waals surface area contributed by atoms with E-state index < -0.39 is 0 Å². The first-order valence-electron chi connectivity index (χ1n) is 8.30. The molecule has 1 unspecified atom stereocenters. The Morgan fingerprint density at radius 2 is 2.19 bits per heavy atom. The molecule has 2 aliphatic rings. The quantitative estimate of drug-likeness (QED) is 0.920. The number of aryl methyl sites for hydroxylation is 1. The number of hydrogen-bond donors (Lipinski definition) is 1. The van der Waals surface area contributed by atoms with Gasteiger partial charge >= 0.3 is 0 Å². The molecule has 3 heterocycles. The molecule has 1 aromatic rings. The van der Waals surface area contributed by atoms with Crippen molar-refractivity contribution >= 4 is 5.91 Å². The minimum atomic E-state index is 0.235. The summed E-state index contributed by atoms with van der Waals surface area (Å²) in [6, 6.07) is 0.405. The Labute approximate surface area is 126 Å². The molecule has 3 rings (SSSR count). The molecule has 21 heavy (non-hydrogen) atoms. The smallest absolute Gasteiger partial charge is 0.225 e. The molecule has 2 fully saturated rings. The van der Waals surface area contributed by atoms with Crippen molar-refractivity contribution in [2.45, 2.75) is 45.1 Å². The third kappa shape index (κ3) is 3.12. The van der Waals surface area contributed by atoms with Crippen LogP contribution < -0.4 is 5.32 Å². The monoisotopic (exact) mass is 290 g/mol. The van der Waals surface area contributed by atoms with E-state index in [2.05, 4.69) is 32.9 Å². The van der Waals surface area contributed by atoms with Crippen LogP contribution in [-0.2, 0) is 11.2 Å².